The number of hydrogen-bond donors (Lipinski definition) is 9. The Labute approximate surface area is 126 Å². The first kappa shape index (κ1) is 20.1. The molecule has 0 amide bonds. The highest BCUT2D eigenvalue weighted by molar-refractivity contribution is 5.91. The van der Waals surface area contributed by atoms with Gasteiger partial charge in [-0.1, -0.05) is 6.07 Å². The van der Waals surface area contributed by atoms with E-state index in [0.717, 1.165) is 0 Å². The topological polar surface area (TPSA) is 233 Å². The summed E-state index contributed by atoms with van der Waals surface area (Å²) >= 11 is 0. The quantitative estimate of drug-likeness (QED) is 0.202. The zero-order chi connectivity index (χ0) is 18.6. The van der Waals surface area contributed by atoms with Crippen molar-refractivity contribution in [3.63, 3.8) is 0 Å². The molecule has 0 atom stereocenters. The summed E-state index contributed by atoms with van der Waals surface area (Å²) in [7, 11) is 0. The predicted octanol–water partition coefficient (Wildman–Crippen LogP) is -2.69. The van der Waals surface area contributed by atoms with Gasteiger partial charge in [0.05, 0.1) is 0 Å². The monoisotopic (exact) mass is 336 g/mol. The fraction of sp³-hybridized carbons (Fsp3) is 0.182. The molecular weight excluding hydrogens is 324 g/mol. The Bertz CT molecular complexity index is 593. The van der Waals surface area contributed by atoms with E-state index in [9.17, 15) is 14.4 Å². The zero-order valence-corrected chi connectivity index (χ0v) is 11.0. The van der Waals surface area contributed by atoms with Crippen LogP contribution in [0.4, 0.5) is 0 Å². The van der Waals surface area contributed by atoms with Gasteiger partial charge in [0.1, 0.15) is 5.56 Å². The van der Waals surface area contributed by atoms with E-state index in [-0.39, 0.29) is 5.56 Å². The van der Waals surface area contributed by atoms with Crippen molar-refractivity contribution in [1.82, 2.24) is 0 Å². The second-order valence-corrected chi connectivity index (χ2v) is 3.93. The van der Waals surface area contributed by atoms with Crippen LogP contribution in [0.15, 0.2) is 18.2 Å². The number of phenolic OH excluding ortho intramolecular Hbond substituents is 1. The number of benzene rings is 1. The van der Waals surface area contributed by atoms with Gasteiger partial charge in [-0.2, -0.15) is 0 Å². The van der Waals surface area contributed by atoms with E-state index in [1.165, 1.54) is 18.2 Å². The lowest BCUT2D eigenvalue weighted by Crippen LogP contribution is -2.63. The molecule has 9 N–H and O–H groups in total. The third-order valence-electron chi connectivity index (χ3n) is 2.33. The first-order chi connectivity index (χ1) is 10.3. The number of aliphatic carboxylic acids is 2. The third-order valence-corrected chi connectivity index (χ3v) is 2.33. The molecule has 12 nitrogen and oxygen atoms in total. The smallest absolute Gasteiger partial charge is 0.370 e. The molecule has 0 aliphatic carbocycles. The van der Waals surface area contributed by atoms with Crippen LogP contribution in [-0.2, 0) is 9.59 Å². The highest BCUT2D eigenvalue weighted by atomic mass is 16.6. The minimum absolute atomic E-state index is 0.301. The normalized spacial score (nSPS) is 11.1. The van der Waals surface area contributed by atoms with Crippen LogP contribution in [0.3, 0.4) is 0 Å². The molecule has 0 heterocycles. The number of carbonyl (C=O) groups is 3. The maximum absolute atomic E-state index is 10.3. The molecule has 0 saturated heterocycles. The summed E-state index contributed by atoms with van der Waals surface area (Å²) in [6, 6.07) is 3.76. The Kier molecular flexibility index (Phi) is 6.01. The van der Waals surface area contributed by atoms with Crippen molar-refractivity contribution in [3.05, 3.63) is 23.8 Å². The standard InChI is InChI=1S/C7H6O4.C4H6O8/c8-5-3-1-2-4(6(5)9)7(10)11;5-1(6)3(9,10)4(11,12)2(7)8/h1-3,8-9H,(H,10,11);9-12H,(H,5,6)(H,7,8). The van der Waals surface area contributed by atoms with Crippen LogP contribution in [0, 0.1) is 0 Å². The molecule has 0 aromatic heterocycles. The summed E-state index contributed by atoms with van der Waals surface area (Å²) < 4.78 is 0. The first-order valence-corrected chi connectivity index (χ1v) is 5.37. The highest BCUT2D eigenvalue weighted by Crippen LogP contribution is 2.27. The van der Waals surface area contributed by atoms with E-state index in [2.05, 4.69) is 0 Å². The number of aliphatic hydroxyl groups is 4. The van der Waals surface area contributed by atoms with E-state index in [0.29, 0.717) is 0 Å². The van der Waals surface area contributed by atoms with E-state index < -0.39 is 41.0 Å². The molecule has 0 radical (unpaired) electrons. The molecule has 0 bridgehead atoms. The maximum Gasteiger partial charge on any atom is 0.370 e. The minimum atomic E-state index is -4.15. The number of carboxylic acid groups (broad SMARTS) is 3. The van der Waals surface area contributed by atoms with Crippen molar-refractivity contribution in [2.24, 2.45) is 0 Å². The summed E-state index contributed by atoms with van der Waals surface area (Å²) in [5.74, 6) is -15.6. The van der Waals surface area contributed by atoms with Gasteiger partial charge in [-0.25, -0.2) is 14.4 Å². The Morgan fingerprint density at radius 1 is 0.783 bits per heavy atom. The third kappa shape index (κ3) is 4.27. The molecule has 0 unspecified atom stereocenters. The molecule has 0 spiro atoms. The SMILES string of the molecule is O=C(O)C(O)(O)C(O)(O)C(=O)O.O=C(O)c1cccc(O)c1O. The number of phenols is 2. The molecular formula is C11H12O12. The molecule has 1 aromatic carbocycles. The maximum atomic E-state index is 10.3. The van der Waals surface area contributed by atoms with Gasteiger partial charge in [-0.15, -0.1) is 0 Å². The Balaban J connectivity index is 0.000000422. The average Bonchev–Trinajstić information content (AvgIpc) is 2.41. The molecule has 128 valence electrons. The van der Waals surface area contributed by atoms with Crippen molar-refractivity contribution in [2.45, 2.75) is 11.6 Å². The van der Waals surface area contributed by atoms with Crippen molar-refractivity contribution in [2.75, 3.05) is 0 Å². The fourth-order valence-electron chi connectivity index (χ4n) is 1.00. The molecule has 0 aliphatic heterocycles. The lowest BCUT2D eigenvalue weighted by Gasteiger charge is -2.26. The lowest BCUT2D eigenvalue weighted by molar-refractivity contribution is -0.333. The van der Waals surface area contributed by atoms with Crippen LogP contribution in [0.5, 0.6) is 11.5 Å². The van der Waals surface area contributed by atoms with E-state index in [4.69, 9.17) is 46.0 Å². The highest BCUT2D eigenvalue weighted by Gasteiger charge is 2.60. The largest absolute Gasteiger partial charge is 0.504 e. The number of rotatable bonds is 4. The summed E-state index contributed by atoms with van der Waals surface area (Å²) in [5, 5.41) is 75.5. The van der Waals surface area contributed by atoms with Crippen LogP contribution in [0.25, 0.3) is 0 Å². The summed E-state index contributed by atoms with van der Waals surface area (Å²) in [5.41, 5.74) is -0.301. The van der Waals surface area contributed by atoms with Crippen molar-refractivity contribution in [1.29, 1.82) is 0 Å². The summed E-state index contributed by atoms with van der Waals surface area (Å²) in [4.78, 5) is 30.1. The predicted molar refractivity (Wildman–Crippen MR) is 66.3 cm³/mol. The van der Waals surface area contributed by atoms with Gasteiger partial charge >= 0.3 is 29.5 Å². The number of carboxylic acids is 3. The number of aromatic carboxylic acids is 1. The Morgan fingerprint density at radius 2 is 1.17 bits per heavy atom. The molecule has 1 rings (SSSR count). The van der Waals surface area contributed by atoms with E-state index >= 15 is 0 Å². The first-order valence-electron chi connectivity index (χ1n) is 5.37. The van der Waals surface area contributed by atoms with Crippen molar-refractivity contribution in [3.8, 4) is 11.5 Å². The Morgan fingerprint density at radius 3 is 1.43 bits per heavy atom. The van der Waals surface area contributed by atoms with Gasteiger partial charge in [0.15, 0.2) is 11.5 Å². The Hall–Kier alpha value is -2.93. The van der Waals surface area contributed by atoms with Crippen molar-refractivity contribution < 1.29 is 60.3 Å². The van der Waals surface area contributed by atoms with Crippen LogP contribution in [-0.4, -0.2) is 75.4 Å². The van der Waals surface area contributed by atoms with Gasteiger partial charge in [-0.3, -0.25) is 0 Å². The fourth-order valence-corrected chi connectivity index (χ4v) is 1.00. The number of para-hydroxylation sites is 1. The zero-order valence-electron chi connectivity index (χ0n) is 11.0. The average molecular weight is 336 g/mol. The van der Waals surface area contributed by atoms with E-state index in [1.807, 2.05) is 0 Å². The van der Waals surface area contributed by atoms with Crippen LogP contribution in [0.2, 0.25) is 0 Å². The molecule has 23 heavy (non-hydrogen) atoms. The number of hydrogen-bond acceptors (Lipinski definition) is 9. The molecule has 0 saturated carbocycles. The molecule has 1 aromatic rings. The molecule has 0 aliphatic rings. The second kappa shape index (κ2) is 6.89. The van der Waals surface area contributed by atoms with Gasteiger partial charge in [0, 0.05) is 0 Å². The van der Waals surface area contributed by atoms with E-state index in [1.54, 1.807) is 0 Å². The minimum Gasteiger partial charge on any atom is -0.504 e. The summed E-state index contributed by atoms with van der Waals surface area (Å²) in [6.07, 6.45) is 0. The van der Waals surface area contributed by atoms with Gasteiger partial charge in [0.25, 0.3) is 0 Å². The number of aromatic hydroxyl groups is 2. The van der Waals surface area contributed by atoms with Crippen LogP contribution < -0.4 is 0 Å². The molecule has 0 fully saturated rings. The van der Waals surface area contributed by atoms with Gasteiger partial charge < -0.3 is 46.0 Å². The summed E-state index contributed by atoms with van der Waals surface area (Å²) in [6.45, 7) is 0. The second-order valence-electron chi connectivity index (χ2n) is 3.93. The van der Waals surface area contributed by atoms with Crippen LogP contribution >= 0.6 is 0 Å². The van der Waals surface area contributed by atoms with Gasteiger partial charge in [0.2, 0.25) is 0 Å². The van der Waals surface area contributed by atoms with Crippen molar-refractivity contribution >= 4 is 17.9 Å². The molecule has 12 heteroatoms. The lowest BCUT2D eigenvalue weighted by atomic mass is 10.1. The van der Waals surface area contributed by atoms with Crippen LogP contribution in [0.1, 0.15) is 10.4 Å². The van der Waals surface area contributed by atoms with Gasteiger partial charge in [-0.05, 0) is 12.1 Å².